The van der Waals surface area contributed by atoms with Crippen LogP contribution in [0, 0.1) is 6.92 Å². The van der Waals surface area contributed by atoms with Crippen LogP contribution in [0.1, 0.15) is 73.5 Å². The molecule has 0 saturated carbocycles. The summed E-state index contributed by atoms with van der Waals surface area (Å²) in [6.07, 6.45) is -3.79. The number of furan rings is 1. The molecule has 0 aliphatic carbocycles. The lowest BCUT2D eigenvalue weighted by Gasteiger charge is -2.31. The molecule has 1 aromatic heterocycles. The minimum Gasteiger partial charge on any atom is -0.479 e. The van der Waals surface area contributed by atoms with E-state index in [1.54, 1.807) is 38.2 Å². The van der Waals surface area contributed by atoms with Crippen LogP contribution in [0.25, 0.3) is 0 Å². The number of alkyl halides is 6. The first-order valence-corrected chi connectivity index (χ1v) is 21.2. The van der Waals surface area contributed by atoms with Crippen LogP contribution in [-0.4, -0.2) is 82.6 Å². The van der Waals surface area contributed by atoms with E-state index in [1.807, 2.05) is 32.0 Å². The van der Waals surface area contributed by atoms with Crippen LogP contribution in [0.4, 0.5) is 18.9 Å². The number of halogens is 8. The molecule has 5 rings (SSSR count). The molecule has 2 heterocycles. The van der Waals surface area contributed by atoms with E-state index in [0.717, 1.165) is 48.4 Å². The van der Waals surface area contributed by atoms with Gasteiger partial charge in [0.05, 0.1) is 52.3 Å². The van der Waals surface area contributed by atoms with Crippen LogP contribution in [0.5, 0.6) is 11.5 Å². The zero-order valence-electron chi connectivity index (χ0n) is 35.1. The largest absolute Gasteiger partial charge is 0.479 e. The minimum absolute atomic E-state index is 0.0223. The highest BCUT2D eigenvalue weighted by Gasteiger charge is 2.45. The van der Waals surface area contributed by atoms with Gasteiger partial charge in [0.25, 0.3) is 5.91 Å². The molecular weight excluding hydrogens is 939 g/mol. The van der Waals surface area contributed by atoms with Crippen LogP contribution >= 0.6 is 58.0 Å². The van der Waals surface area contributed by atoms with Crippen molar-refractivity contribution in [1.29, 1.82) is 0 Å². The number of amides is 2. The van der Waals surface area contributed by atoms with Crippen molar-refractivity contribution in [1.82, 2.24) is 4.90 Å². The van der Waals surface area contributed by atoms with Gasteiger partial charge in [0.1, 0.15) is 35.0 Å². The van der Waals surface area contributed by atoms with Gasteiger partial charge in [-0.3, -0.25) is 9.59 Å². The van der Waals surface area contributed by atoms with Crippen molar-refractivity contribution in [2.45, 2.75) is 83.0 Å². The summed E-state index contributed by atoms with van der Waals surface area (Å²) < 4.78 is 64.3. The lowest BCUT2D eigenvalue weighted by atomic mass is 10.0. The van der Waals surface area contributed by atoms with Crippen molar-refractivity contribution >= 4 is 87.4 Å². The van der Waals surface area contributed by atoms with E-state index in [9.17, 15) is 32.3 Å². The van der Waals surface area contributed by atoms with Gasteiger partial charge in [0.2, 0.25) is 5.91 Å². The Labute approximate surface area is 387 Å². The first-order valence-electron chi connectivity index (χ1n) is 19.0. The Bertz CT molecular complexity index is 2190. The van der Waals surface area contributed by atoms with E-state index < -0.39 is 40.3 Å². The molecule has 4 aromatic rings. The number of carboxylic acid groups (broad SMARTS) is 1. The number of para-hydroxylation sites is 1. The molecule has 1 aliphatic rings. The Morgan fingerprint density at radius 3 is 2.22 bits per heavy atom. The van der Waals surface area contributed by atoms with Gasteiger partial charge in [-0.2, -0.15) is 13.2 Å². The standard InChI is InChI=1S/C17H11Cl2F3O5.C15H22ClNO2.C11H13Cl2NO3/c1-8(15(23)24)26-16(25)11-7-10(3-4-12(11)18)27-14-5-2-9(6-13(14)19)17(20,21)22;1-5-13-8-6-7-11(2)15(13)17(14(18)9-16)12(3)10-19-4;1-11(2)14(10(15)9(12)13)6-8(17-11)7-4-3-5-16-7/h2-8H,1H3,(H,23,24);6-8,12H,5,9-10H2,1-4H3;3-5,8-9H,6H2,1-2H3/t8-;;/m0../s1. The zero-order valence-corrected chi connectivity index (χ0v) is 38.9. The molecule has 12 nitrogen and oxygen atoms in total. The van der Waals surface area contributed by atoms with E-state index in [2.05, 4.69) is 13.0 Å². The maximum atomic E-state index is 12.7. The predicted octanol–water partition coefficient (Wildman–Crippen LogP) is 11.3. The number of nitrogens with zero attached hydrogens (tertiary/aromatic N) is 2. The zero-order chi connectivity index (χ0) is 47.4. The molecule has 0 spiro atoms. The SMILES string of the molecule is CC1(C)OC(c2ccco2)CN1C(=O)C(Cl)Cl.CCc1cccc(C)c1N(C(=O)CCl)C(C)COC.C[C@H](OC(=O)c1cc(Oc2ccc(C(F)(F)F)cc2Cl)ccc1Cl)C(=O)O. The molecule has 63 heavy (non-hydrogen) atoms. The Balaban J connectivity index is 0.000000260. The Morgan fingerprint density at radius 1 is 1.00 bits per heavy atom. The molecule has 3 atom stereocenters. The lowest BCUT2D eigenvalue weighted by molar-refractivity contribution is -0.146. The van der Waals surface area contributed by atoms with Gasteiger partial charge in [-0.05, 0) is 101 Å². The van der Waals surface area contributed by atoms with Crippen LogP contribution in [0.3, 0.4) is 0 Å². The van der Waals surface area contributed by atoms with Crippen LogP contribution in [0.15, 0.2) is 77.4 Å². The van der Waals surface area contributed by atoms with Crippen molar-refractivity contribution < 1.29 is 60.8 Å². The highest BCUT2D eigenvalue weighted by atomic mass is 35.5. The van der Waals surface area contributed by atoms with Crippen LogP contribution < -0.4 is 9.64 Å². The number of carboxylic acids is 1. The lowest BCUT2D eigenvalue weighted by Crippen LogP contribution is -2.45. The van der Waals surface area contributed by atoms with E-state index >= 15 is 0 Å². The first kappa shape index (κ1) is 53.1. The van der Waals surface area contributed by atoms with Crippen molar-refractivity contribution in [3.8, 4) is 11.5 Å². The second-order valence-electron chi connectivity index (χ2n) is 14.2. The van der Waals surface area contributed by atoms with Gasteiger partial charge in [0.15, 0.2) is 10.9 Å². The number of esters is 1. The van der Waals surface area contributed by atoms with Gasteiger partial charge < -0.3 is 38.3 Å². The molecule has 1 aliphatic heterocycles. The molecule has 1 N–H and O–H groups in total. The number of methoxy groups -OCH3 is 1. The van der Waals surface area contributed by atoms with Crippen molar-refractivity contribution in [2.75, 3.05) is 31.0 Å². The number of rotatable bonds is 13. The van der Waals surface area contributed by atoms with E-state index in [4.69, 9.17) is 86.5 Å². The Hall–Kier alpha value is -4.22. The number of aliphatic carboxylic acids is 1. The van der Waals surface area contributed by atoms with Gasteiger partial charge in [0, 0.05) is 7.11 Å². The number of aryl methyl sites for hydroxylation is 2. The molecule has 2 unspecified atom stereocenters. The van der Waals surface area contributed by atoms with E-state index in [-0.39, 0.29) is 56.9 Å². The number of ether oxygens (including phenoxy) is 4. The fraction of sp³-hybridized carbons (Fsp3) is 0.395. The molecular formula is C43H46Cl5F3N2O10. The number of hydrogen-bond donors (Lipinski definition) is 1. The fourth-order valence-electron chi connectivity index (χ4n) is 6.14. The topological polar surface area (TPSA) is 145 Å². The summed E-state index contributed by atoms with van der Waals surface area (Å²) in [4.78, 5) is 49.0. The Kier molecular flexibility index (Phi) is 19.9. The average Bonchev–Trinajstić information content (AvgIpc) is 3.87. The highest BCUT2D eigenvalue weighted by molar-refractivity contribution is 6.53. The summed E-state index contributed by atoms with van der Waals surface area (Å²) in [5.41, 5.74) is 1.35. The van der Waals surface area contributed by atoms with Gasteiger partial charge in [-0.15, -0.1) is 11.6 Å². The van der Waals surface area contributed by atoms with E-state index in [1.165, 1.54) is 17.0 Å². The maximum Gasteiger partial charge on any atom is 0.416 e. The molecule has 0 radical (unpaired) electrons. The van der Waals surface area contributed by atoms with Crippen LogP contribution in [0.2, 0.25) is 10.0 Å². The normalized spacial score (nSPS) is 15.3. The molecule has 1 fully saturated rings. The number of hydrogen-bond acceptors (Lipinski definition) is 9. The number of benzene rings is 3. The summed E-state index contributed by atoms with van der Waals surface area (Å²) in [6, 6.07) is 16.0. The third kappa shape index (κ3) is 14.6. The maximum absolute atomic E-state index is 12.7. The molecule has 3 aromatic carbocycles. The summed E-state index contributed by atoms with van der Waals surface area (Å²) in [7, 11) is 1.64. The summed E-state index contributed by atoms with van der Waals surface area (Å²) >= 11 is 28.7. The average molecular weight is 985 g/mol. The van der Waals surface area contributed by atoms with Gasteiger partial charge >= 0.3 is 18.1 Å². The van der Waals surface area contributed by atoms with Crippen molar-refractivity contribution in [2.24, 2.45) is 0 Å². The smallest absolute Gasteiger partial charge is 0.416 e. The van der Waals surface area contributed by atoms with Crippen LogP contribution in [-0.2, 0) is 41.2 Å². The van der Waals surface area contributed by atoms with Gasteiger partial charge in [-0.25, -0.2) is 9.59 Å². The minimum atomic E-state index is -4.56. The second-order valence-corrected chi connectivity index (χ2v) is 16.4. The molecule has 0 bridgehead atoms. The molecule has 1 saturated heterocycles. The first-order chi connectivity index (χ1) is 29.5. The second kappa shape index (κ2) is 23.6. The number of anilines is 1. The Morgan fingerprint density at radius 2 is 1.68 bits per heavy atom. The van der Waals surface area contributed by atoms with E-state index in [0.29, 0.717) is 25.0 Å². The highest BCUT2D eigenvalue weighted by Crippen LogP contribution is 2.38. The molecule has 2 amide bonds. The summed E-state index contributed by atoms with van der Waals surface area (Å²) in [6.45, 7) is 11.7. The van der Waals surface area contributed by atoms with Crippen molar-refractivity contribution in [3.05, 3.63) is 111 Å². The molecule has 20 heteroatoms. The third-order valence-electron chi connectivity index (χ3n) is 9.19. The monoisotopic (exact) mass is 982 g/mol. The summed E-state index contributed by atoms with van der Waals surface area (Å²) in [5, 5.41) is 8.46. The third-order valence-corrected chi connectivity index (χ3v) is 10.4. The number of carbonyl (C=O) groups is 4. The predicted molar refractivity (Wildman–Crippen MR) is 234 cm³/mol. The quantitative estimate of drug-likeness (QED) is 0.101. The number of carbonyl (C=O) groups excluding carboxylic acids is 3. The summed E-state index contributed by atoms with van der Waals surface area (Å²) in [5.74, 6) is -2.16. The fourth-order valence-corrected chi connectivity index (χ4v) is 6.91. The van der Waals surface area contributed by atoms with Crippen molar-refractivity contribution in [3.63, 3.8) is 0 Å². The van der Waals surface area contributed by atoms with Gasteiger partial charge in [-0.1, -0.05) is 71.5 Å². The molecule has 344 valence electrons.